The number of hydrogen-bond donors (Lipinski definition) is 4. The van der Waals surface area contributed by atoms with Gasteiger partial charge in [0.2, 0.25) is 0 Å². The van der Waals surface area contributed by atoms with Gasteiger partial charge in [-0.25, -0.2) is 13.5 Å². The molecule has 0 bridgehead atoms. The minimum Gasteiger partial charge on any atom is -0.280 e. The van der Waals surface area contributed by atoms with E-state index >= 15 is 0 Å². The molecule has 0 aliphatic rings. The molecule has 0 unspecified atom stereocenters. The SMILES string of the molecule is CCCCc1ccc(NS(=O)(=O)c2ccc(C)c(C(=O)NNC(=O)c3n[nH]c(=O)c4ccccc34)c2)cc1. The first kappa shape index (κ1) is 26.6. The van der Waals surface area contributed by atoms with Crippen LogP contribution in [0.4, 0.5) is 5.69 Å². The number of rotatable bonds is 8. The molecule has 0 aliphatic heterocycles. The molecule has 0 fully saturated rings. The summed E-state index contributed by atoms with van der Waals surface area (Å²) in [6.07, 6.45) is 3.05. The number of aromatic amines is 1. The quantitative estimate of drug-likeness (QED) is 0.255. The van der Waals surface area contributed by atoms with Crippen LogP contribution >= 0.6 is 0 Å². The van der Waals surface area contributed by atoms with Crippen molar-refractivity contribution in [3.63, 3.8) is 0 Å². The molecule has 0 saturated carbocycles. The summed E-state index contributed by atoms with van der Waals surface area (Å²) in [6, 6.07) is 17.7. The number of hydrazine groups is 1. The number of anilines is 1. The molecule has 0 atom stereocenters. The van der Waals surface area contributed by atoms with Gasteiger partial charge in [0, 0.05) is 16.6 Å². The molecule has 4 rings (SSSR count). The molecule has 1 heterocycles. The van der Waals surface area contributed by atoms with E-state index < -0.39 is 27.4 Å². The van der Waals surface area contributed by atoms with E-state index in [1.807, 2.05) is 12.1 Å². The number of hydrogen-bond acceptors (Lipinski definition) is 6. The van der Waals surface area contributed by atoms with Gasteiger partial charge in [0.1, 0.15) is 0 Å². The fourth-order valence-electron chi connectivity index (χ4n) is 3.88. The molecule has 2 amide bonds. The lowest BCUT2D eigenvalue weighted by molar-refractivity contribution is 0.0844. The summed E-state index contributed by atoms with van der Waals surface area (Å²) in [5.74, 6) is -1.47. The standard InChI is InChI=1S/C27H27N5O5S/c1-3-4-7-18-11-13-19(14-12-18)32-38(36,37)20-15-10-17(2)23(16-20)26(34)30-31-27(35)24-21-8-5-6-9-22(21)25(33)29-28-24/h5-6,8-16,32H,3-4,7H2,1-2H3,(H,29,33)(H,30,34)(H,31,35). The van der Waals surface area contributed by atoms with Crippen molar-refractivity contribution in [3.05, 3.63) is 99.5 Å². The second-order valence-corrected chi connectivity index (χ2v) is 10.4. The number of fused-ring (bicyclic) bond motifs is 1. The molecule has 11 heteroatoms. The minimum absolute atomic E-state index is 0.0578. The number of carbonyl (C=O) groups is 2. The van der Waals surface area contributed by atoms with Crippen molar-refractivity contribution in [1.82, 2.24) is 21.0 Å². The van der Waals surface area contributed by atoms with E-state index in [2.05, 4.69) is 32.7 Å². The summed E-state index contributed by atoms with van der Waals surface area (Å²) in [6.45, 7) is 3.75. The van der Waals surface area contributed by atoms with E-state index in [1.165, 1.54) is 18.2 Å². The van der Waals surface area contributed by atoms with Crippen molar-refractivity contribution < 1.29 is 18.0 Å². The topological polar surface area (TPSA) is 150 Å². The van der Waals surface area contributed by atoms with Crippen LogP contribution in [0, 0.1) is 6.92 Å². The van der Waals surface area contributed by atoms with Gasteiger partial charge in [-0.3, -0.25) is 30.0 Å². The Balaban J connectivity index is 1.48. The van der Waals surface area contributed by atoms with Gasteiger partial charge in [-0.1, -0.05) is 49.7 Å². The average Bonchev–Trinajstić information content (AvgIpc) is 2.91. The van der Waals surface area contributed by atoms with E-state index in [0.717, 1.165) is 24.8 Å². The summed E-state index contributed by atoms with van der Waals surface area (Å²) in [7, 11) is -3.98. The highest BCUT2D eigenvalue weighted by Crippen LogP contribution is 2.20. The number of sulfonamides is 1. The predicted molar refractivity (Wildman–Crippen MR) is 144 cm³/mol. The van der Waals surface area contributed by atoms with E-state index in [1.54, 1.807) is 43.3 Å². The number of nitrogens with zero attached hydrogens (tertiary/aromatic N) is 1. The van der Waals surface area contributed by atoms with Crippen molar-refractivity contribution in [2.24, 2.45) is 0 Å². The Kier molecular flexibility index (Phi) is 7.87. The molecular formula is C27H27N5O5S. The van der Waals surface area contributed by atoms with E-state index in [-0.39, 0.29) is 21.5 Å². The molecule has 4 aromatic rings. The fourth-order valence-corrected chi connectivity index (χ4v) is 4.96. The number of aromatic nitrogens is 2. The first-order valence-electron chi connectivity index (χ1n) is 12.0. The van der Waals surface area contributed by atoms with Gasteiger partial charge >= 0.3 is 0 Å². The summed E-state index contributed by atoms with van der Waals surface area (Å²) in [5.41, 5.74) is 6.11. The van der Waals surface area contributed by atoms with Crippen molar-refractivity contribution >= 4 is 38.3 Å². The van der Waals surface area contributed by atoms with Crippen molar-refractivity contribution in [2.45, 2.75) is 38.0 Å². The number of carbonyl (C=O) groups excluding carboxylic acids is 2. The zero-order chi connectivity index (χ0) is 27.3. The number of aryl methyl sites for hydroxylation is 2. The highest BCUT2D eigenvalue weighted by Gasteiger charge is 2.20. The highest BCUT2D eigenvalue weighted by molar-refractivity contribution is 7.92. The number of benzene rings is 3. The van der Waals surface area contributed by atoms with Gasteiger partial charge in [-0.2, -0.15) is 5.10 Å². The molecule has 0 spiro atoms. The Bertz CT molecular complexity index is 1660. The van der Waals surface area contributed by atoms with Crippen molar-refractivity contribution in [2.75, 3.05) is 4.72 Å². The molecule has 4 N–H and O–H groups in total. The van der Waals surface area contributed by atoms with Crippen LogP contribution in [0.1, 0.15) is 51.7 Å². The first-order valence-corrected chi connectivity index (χ1v) is 13.5. The fraction of sp³-hybridized carbons (Fsp3) is 0.185. The largest absolute Gasteiger partial charge is 0.290 e. The number of nitrogens with one attached hydrogen (secondary N) is 4. The number of unbranched alkanes of at least 4 members (excludes halogenated alkanes) is 1. The lowest BCUT2D eigenvalue weighted by Gasteiger charge is -2.13. The summed E-state index contributed by atoms with van der Waals surface area (Å²) in [5, 5.41) is 6.64. The second-order valence-electron chi connectivity index (χ2n) is 8.74. The van der Waals surface area contributed by atoms with Gasteiger partial charge in [0.05, 0.1) is 10.3 Å². The van der Waals surface area contributed by atoms with E-state index in [0.29, 0.717) is 16.6 Å². The van der Waals surface area contributed by atoms with Crippen LogP contribution in [0.15, 0.2) is 76.4 Å². The smallest absolute Gasteiger partial charge is 0.280 e. The minimum atomic E-state index is -3.98. The second kappa shape index (κ2) is 11.3. The maximum absolute atomic E-state index is 13.0. The maximum atomic E-state index is 13.0. The zero-order valence-electron chi connectivity index (χ0n) is 20.9. The van der Waals surface area contributed by atoms with Gasteiger partial charge in [-0.05, 0) is 61.2 Å². The van der Waals surface area contributed by atoms with Crippen LogP contribution in [-0.2, 0) is 16.4 Å². The molecule has 0 saturated heterocycles. The van der Waals surface area contributed by atoms with Gasteiger partial charge < -0.3 is 0 Å². The third-order valence-corrected chi connectivity index (χ3v) is 7.37. The Hall–Kier alpha value is -4.51. The third-order valence-electron chi connectivity index (χ3n) is 5.99. The van der Waals surface area contributed by atoms with Crippen molar-refractivity contribution in [1.29, 1.82) is 0 Å². The number of H-pyrrole nitrogens is 1. The monoisotopic (exact) mass is 533 g/mol. The zero-order valence-corrected chi connectivity index (χ0v) is 21.7. The Morgan fingerprint density at radius 3 is 2.32 bits per heavy atom. The van der Waals surface area contributed by atoms with E-state index in [4.69, 9.17) is 0 Å². The van der Waals surface area contributed by atoms with Crippen LogP contribution < -0.4 is 21.1 Å². The molecule has 10 nitrogen and oxygen atoms in total. The molecule has 1 aromatic heterocycles. The normalized spacial score (nSPS) is 11.2. The molecule has 0 aliphatic carbocycles. The lowest BCUT2D eigenvalue weighted by Crippen LogP contribution is -2.42. The molecule has 0 radical (unpaired) electrons. The predicted octanol–water partition coefficient (Wildman–Crippen LogP) is 3.45. The summed E-state index contributed by atoms with van der Waals surface area (Å²) in [4.78, 5) is 37.4. The van der Waals surface area contributed by atoms with Gasteiger partial charge in [0.25, 0.3) is 27.4 Å². The Morgan fingerprint density at radius 1 is 0.921 bits per heavy atom. The molecule has 3 aromatic carbocycles. The molecular weight excluding hydrogens is 506 g/mol. The van der Waals surface area contributed by atoms with Crippen molar-refractivity contribution in [3.8, 4) is 0 Å². The van der Waals surface area contributed by atoms with Crippen LogP contribution in [0.25, 0.3) is 10.8 Å². The maximum Gasteiger partial charge on any atom is 0.290 e. The summed E-state index contributed by atoms with van der Waals surface area (Å²) >= 11 is 0. The Labute approximate surface area is 219 Å². The van der Waals surface area contributed by atoms with Gasteiger partial charge in [0.15, 0.2) is 5.69 Å². The van der Waals surface area contributed by atoms with Gasteiger partial charge in [-0.15, -0.1) is 0 Å². The van der Waals surface area contributed by atoms with Crippen LogP contribution in [0.5, 0.6) is 0 Å². The van der Waals surface area contributed by atoms with E-state index in [9.17, 15) is 22.8 Å². The van der Waals surface area contributed by atoms with Crippen LogP contribution in [0.3, 0.4) is 0 Å². The van der Waals surface area contributed by atoms with Crippen LogP contribution in [-0.4, -0.2) is 30.4 Å². The number of amides is 2. The first-order chi connectivity index (χ1) is 18.2. The highest BCUT2D eigenvalue weighted by atomic mass is 32.2. The lowest BCUT2D eigenvalue weighted by atomic mass is 10.1. The third kappa shape index (κ3) is 5.89. The molecule has 196 valence electrons. The molecule has 38 heavy (non-hydrogen) atoms. The Morgan fingerprint density at radius 2 is 1.61 bits per heavy atom. The average molecular weight is 534 g/mol. The summed E-state index contributed by atoms with van der Waals surface area (Å²) < 4.78 is 28.5. The van der Waals surface area contributed by atoms with Crippen LogP contribution in [0.2, 0.25) is 0 Å².